The van der Waals surface area contributed by atoms with E-state index < -0.39 is 0 Å². The van der Waals surface area contributed by atoms with Crippen molar-refractivity contribution < 1.29 is 9.53 Å². The van der Waals surface area contributed by atoms with E-state index in [0.29, 0.717) is 13.1 Å². The van der Waals surface area contributed by atoms with Gasteiger partial charge in [-0.05, 0) is 19.8 Å². The second-order valence-electron chi connectivity index (χ2n) is 5.84. The molecule has 0 aromatic rings. The molecular formula is C15H32N4O2. The highest BCUT2D eigenvalue weighted by atomic mass is 16.5. The van der Waals surface area contributed by atoms with Crippen molar-refractivity contribution >= 4 is 11.9 Å². The zero-order chi connectivity index (χ0) is 16.1. The van der Waals surface area contributed by atoms with E-state index in [1.54, 1.807) is 7.05 Å². The Kier molecular flexibility index (Phi) is 10.7. The lowest BCUT2D eigenvalue weighted by atomic mass is 9.96. The molecule has 0 saturated carbocycles. The molecule has 0 unspecified atom stereocenters. The van der Waals surface area contributed by atoms with Crippen LogP contribution in [-0.2, 0) is 9.53 Å². The number of hydrogen-bond donors (Lipinski definition) is 3. The number of rotatable bonds is 9. The van der Waals surface area contributed by atoms with Crippen LogP contribution in [0.4, 0.5) is 0 Å². The van der Waals surface area contributed by atoms with E-state index in [0.717, 1.165) is 38.6 Å². The largest absolute Gasteiger partial charge is 0.382 e. The van der Waals surface area contributed by atoms with E-state index in [1.807, 2.05) is 27.7 Å². The molecule has 0 bridgehead atoms. The van der Waals surface area contributed by atoms with Crippen LogP contribution in [-0.4, -0.2) is 51.8 Å². The molecule has 0 aromatic carbocycles. The number of nitrogens with one attached hydrogen (secondary N) is 3. The Morgan fingerprint density at radius 3 is 2.24 bits per heavy atom. The summed E-state index contributed by atoms with van der Waals surface area (Å²) in [4.78, 5) is 15.8. The van der Waals surface area contributed by atoms with Crippen LogP contribution in [0.25, 0.3) is 0 Å². The van der Waals surface area contributed by atoms with Gasteiger partial charge in [0.2, 0.25) is 5.91 Å². The van der Waals surface area contributed by atoms with Gasteiger partial charge in [0, 0.05) is 45.3 Å². The SMILES string of the molecule is CCOCCCCNC(=NC)NCCNC(=O)C(C)(C)C. The Balaban J connectivity index is 3.65. The minimum absolute atomic E-state index is 0.0585. The van der Waals surface area contributed by atoms with Gasteiger partial charge in [0.05, 0.1) is 0 Å². The zero-order valence-corrected chi connectivity index (χ0v) is 14.2. The average molecular weight is 300 g/mol. The number of amides is 1. The molecule has 3 N–H and O–H groups in total. The minimum Gasteiger partial charge on any atom is -0.382 e. The van der Waals surface area contributed by atoms with Crippen LogP contribution in [0, 0.1) is 5.41 Å². The second kappa shape index (κ2) is 11.4. The number of unbranched alkanes of at least 4 members (excludes halogenated alkanes) is 1. The van der Waals surface area contributed by atoms with Gasteiger partial charge in [-0.25, -0.2) is 0 Å². The monoisotopic (exact) mass is 300 g/mol. The third kappa shape index (κ3) is 11.1. The molecule has 0 aliphatic heterocycles. The maximum Gasteiger partial charge on any atom is 0.225 e. The summed E-state index contributed by atoms with van der Waals surface area (Å²) in [6.07, 6.45) is 2.08. The number of ether oxygens (including phenoxy) is 1. The quantitative estimate of drug-likeness (QED) is 0.339. The first-order valence-corrected chi connectivity index (χ1v) is 7.72. The van der Waals surface area contributed by atoms with Gasteiger partial charge < -0.3 is 20.7 Å². The molecule has 6 heteroatoms. The Morgan fingerprint density at radius 1 is 1.05 bits per heavy atom. The highest BCUT2D eigenvalue weighted by Crippen LogP contribution is 2.11. The van der Waals surface area contributed by atoms with Gasteiger partial charge in [0.1, 0.15) is 0 Å². The zero-order valence-electron chi connectivity index (χ0n) is 14.2. The van der Waals surface area contributed by atoms with Crippen LogP contribution in [0.2, 0.25) is 0 Å². The van der Waals surface area contributed by atoms with Gasteiger partial charge in [-0.15, -0.1) is 0 Å². The summed E-state index contributed by atoms with van der Waals surface area (Å²) in [6.45, 7) is 11.4. The third-order valence-corrected chi connectivity index (χ3v) is 2.82. The second-order valence-corrected chi connectivity index (χ2v) is 5.84. The molecule has 0 aliphatic rings. The van der Waals surface area contributed by atoms with Crippen LogP contribution >= 0.6 is 0 Å². The van der Waals surface area contributed by atoms with Gasteiger partial charge >= 0.3 is 0 Å². The fourth-order valence-electron chi connectivity index (χ4n) is 1.52. The Labute approximate surface area is 129 Å². The summed E-state index contributed by atoms with van der Waals surface area (Å²) in [6, 6.07) is 0. The molecule has 0 aliphatic carbocycles. The summed E-state index contributed by atoms with van der Waals surface area (Å²) in [7, 11) is 1.74. The van der Waals surface area contributed by atoms with Crippen LogP contribution in [0.3, 0.4) is 0 Å². The van der Waals surface area contributed by atoms with Crippen molar-refractivity contribution in [3.8, 4) is 0 Å². The van der Waals surface area contributed by atoms with Gasteiger partial charge in [-0.3, -0.25) is 9.79 Å². The van der Waals surface area contributed by atoms with Crippen LogP contribution in [0.1, 0.15) is 40.5 Å². The lowest BCUT2D eigenvalue weighted by Gasteiger charge is -2.18. The molecule has 0 atom stereocenters. The van der Waals surface area contributed by atoms with Gasteiger partial charge in [-0.2, -0.15) is 0 Å². The molecule has 0 radical (unpaired) electrons. The lowest BCUT2D eigenvalue weighted by Crippen LogP contribution is -2.43. The van der Waals surface area contributed by atoms with Crippen molar-refractivity contribution in [3.63, 3.8) is 0 Å². The van der Waals surface area contributed by atoms with Crippen molar-refractivity contribution in [2.24, 2.45) is 10.4 Å². The molecule has 124 valence electrons. The first kappa shape index (κ1) is 19.7. The summed E-state index contributed by atoms with van der Waals surface area (Å²) < 4.78 is 5.28. The van der Waals surface area contributed by atoms with Crippen molar-refractivity contribution in [2.45, 2.75) is 40.5 Å². The van der Waals surface area contributed by atoms with E-state index >= 15 is 0 Å². The topological polar surface area (TPSA) is 74.8 Å². The summed E-state index contributed by atoms with van der Waals surface area (Å²) in [5.74, 6) is 0.819. The number of carbonyl (C=O) groups is 1. The van der Waals surface area contributed by atoms with Crippen molar-refractivity contribution in [2.75, 3.05) is 39.9 Å². The molecule has 0 aromatic heterocycles. The normalized spacial score (nSPS) is 12.1. The third-order valence-electron chi connectivity index (χ3n) is 2.82. The number of guanidine groups is 1. The lowest BCUT2D eigenvalue weighted by molar-refractivity contribution is -0.128. The highest BCUT2D eigenvalue weighted by Gasteiger charge is 2.20. The maximum absolute atomic E-state index is 11.7. The molecule has 0 rings (SSSR count). The molecule has 1 amide bonds. The molecule has 0 heterocycles. The number of carbonyl (C=O) groups excluding carboxylic acids is 1. The fraction of sp³-hybridized carbons (Fsp3) is 0.867. The summed E-state index contributed by atoms with van der Waals surface area (Å²) in [5.41, 5.74) is -0.347. The van der Waals surface area contributed by atoms with Crippen LogP contribution in [0.15, 0.2) is 4.99 Å². The Hall–Kier alpha value is -1.30. The molecule has 0 fully saturated rings. The number of hydrogen-bond acceptors (Lipinski definition) is 3. The van der Waals surface area contributed by atoms with Crippen LogP contribution < -0.4 is 16.0 Å². The molecule has 6 nitrogen and oxygen atoms in total. The molecular weight excluding hydrogens is 268 g/mol. The van der Waals surface area contributed by atoms with E-state index in [-0.39, 0.29) is 11.3 Å². The highest BCUT2D eigenvalue weighted by molar-refractivity contribution is 5.81. The minimum atomic E-state index is -0.347. The average Bonchev–Trinajstić information content (AvgIpc) is 2.43. The van der Waals surface area contributed by atoms with E-state index in [2.05, 4.69) is 20.9 Å². The summed E-state index contributed by atoms with van der Waals surface area (Å²) >= 11 is 0. The first-order valence-electron chi connectivity index (χ1n) is 7.72. The standard InChI is InChI=1S/C15H32N4O2/c1-6-21-12-8-7-9-18-14(16-5)19-11-10-17-13(20)15(2,3)4/h6-12H2,1-5H3,(H,17,20)(H2,16,18,19). The van der Waals surface area contributed by atoms with E-state index in [9.17, 15) is 4.79 Å². The Morgan fingerprint density at radius 2 is 1.67 bits per heavy atom. The molecule has 0 spiro atoms. The van der Waals surface area contributed by atoms with Crippen molar-refractivity contribution in [3.05, 3.63) is 0 Å². The Bertz CT molecular complexity index is 311. The van der Waals surface area contributed by atoms with Crippen molar-refractivity contribution in [1.82, 2.24) is 16.0 Å². The molecule has 0 saturated heterocycles. The van der Waals surface area contributed by atoms with Gasteiger partial charge in [-0.1, -0.05) is 20.8 Å². The smallest absolute Gasteiger partial charge is 0.225 e. The fourth-order valence-corrected chi connectivity index (χ4v) is 1.52. The predicted octanol–water partition coefficient (Wildman–Crippen LogP) is 1.13. The first-order chi connectivity index (χ1) is 9.91. The van der Waals surface area contributed by atoms with Crippen LogP contribution in [0.5, 0.6) is 0 Å². The van der Waals surface area contributed by atoms with E-state index in [1.165, 1.54) is 0 Å². The summed E-state index contributed by atoms with van der Waals surface area (Å²) in [5, 5.41) is 9.30. The van der Waals surface area contributed by atoms with Gasteiger partial charge in [0.15, 0.2) is 5.96 Å². The van der Waals surface area contributed by atoms with E-state index in [4.69, 9.17) is 4.74 Å². The number of nitrogens with zero attached hydrogens (tertiary/aromatic N) is 1. The molecule has 21 heavy (non-hydrogen) atoms. The van der Waals surface area contributed by atoms with Crippen molar-refractivity contribution in [1.29, 1.82) is 0 Å². The number of aliphatic imine (C=N–C) groups is 1. The maximum atomic E-state index is 11.7. The predicted molar refractivity (Wildman–Crippen MR) is 87.6 cm³/mol. The van der Waals surface area contributed by atoms with Gasteiger partial charge in [0.25, 0.3) is 0 Å².